The van der Waals surface area contributed by atoms with E-state index in [0.29, 0.717) is 0 Å². The minimum atomic E-state index is 0.869. The third kappa shape index (κ3) is 2.48. The van der Waals surface area contributed by atoms with E-state index in [1.54, 1.807) is 0 Å². The molecule has 1 rings (SSSR count). The zero-order valence-corrected chi connectivity index (χ0v) is 8.14. The van der Waals surface area contributed by atoms with Gasteiger partial charge in [-0.2, -0.15) is 0 Å². The van der Waals surface area contributed by atoms with Crippen molar-refractivity contribution in [3.8, 4) is 0 Å². The van der Waals surface area contributed by atoms with Gasteiger partial charge in [-0.1, -0.05) is 26.2 Å². The van der Waals surface area contributed by atoms with Crippen molar-refractivity contribution in [1.29, 1.82) is 0 Å². The first-order chi connectivity index (χ1) is 5.24. The van der Waals surface area contributed by atoms with E-state index in [1.807, 2.05) is 0 Å². The summed E-state index contributed by atoms with van der Waals surface area (Å²) in [6, 6.07) is 0.869. The van der Waals surface area contributed by atoms with Crippen LogP contribution in [0.4, 0.5) is 0 Å². The molecule has 0 saturated heterocycles. The van der Waals surface area contributed by atoms with Gasteiger partial charge in [0.25, 0.3) is 0 Å². The molecule has 0 aromatic heterocycles. The molecule has 0 aromatic carbocycles. The molecule has 1 fully saturated rings. The van der Waals surface area contributed by atoms with Crippen molar-refractivity contribution in [3.05, 3.63) is 0 Å². The Bertz CT molecular complexity index is 109. The summed E-state index contributed by atoms with van der Waals surface area (Å²) in [5.41, 5.74) is 0. The molecule has 1 aliphatic carbocycles. The first-order valence-electron chi connectivity index (χ1n) is 4.90. The van der Waals surface area contributed by atoms with E-state index in [-0.39, 0.29) is 0 Å². The SMILES string of the molecule is CCC1CCC[C@@H](N(C)C)C1. The highest BCUT2D eigenvalue weighted by molar-refractivity contribution is 4.76. The van der Waals surface area contributed by atoms with Gasteiger partial charge in [0, 0.05) is 6.04 Å². The highest BCUT2D eigenvalue weighted by Crippen LogP contribution is 2.28. The Labute approximate surface area is 70.8 Å². The van der Waals surface area contributed by atoms with Gasteiger partial charge >= 0.3 is 0 Å². The maximum atomic E-state index is 2.39. The van der Waals surface area contributed by atoms with Crippen LogP contribution < -0.4 is 0 Å². The molecule has 2 atom stereocenters. The Morgan fingerprint density at radius 1 is 1.27 bits per heavy atom. The largest absolute Gasteiger partial charge is 0.306 e. The fourth-order valence-electron chi connectivity index (χ4n) is 2.10. The molecule has 1 saturated carbocycles. The quantitative estimate of drug-likeness (QED) is 0.592. The van der Waals surface area contributed by atoms with Crippen LogP contribution >= 0.6 is 0 Å². The lowest BCUT2D eigenvalue weighted by Gasteiger charge is -2.32. The van der Waals surface area contributed by atoms with Gasteiger partial charge < -0.3 is 4.90 Å². The van der Waals surface area contributed by atoms with Crippen LogP contribution in [0, 0.1) is 5.92 Å². The molecule has 0 amide bonds. The first kappa shape index (κ1) is 9.05. The summed E-state index contributed by atoms with van der Waals surface area (Å²) in [6.07, 6.45) is 7.15. The Morgan fingerprint density at radius 3 is 2.55 bits per heavy atom. The van der Waals surface area contributed by atoms with E-state index in [4.69, 9.17) is 0 Å². The number of rotatable bonds is 2. The highest BCUT2D eigenvalue weighted by Gasteiger charge is 2.21. The monoisotopic (exact) mass is 155 g/mol. The number of nitrogens with zero attached hydrogens (tertiary/aromatic N) is 1. The van der Waals surface area contributed by atoms with Crippen molar-refractivity contribution >= 4 is 0 Å². The summed E-state index contributed by atoms with van der Waals surface area (Å²) in [7, 11) is 4.42. The van der Waals surface area contributed by atoms with Crippen LogP contribution in [0.5, 0.6) is 0 Å². The Morgan fingerprint density at radius 2 is 2.00 bits per heavy atom. The van der Waals surface area contributed by atoms with Crippen molar-refractivity contribution in [3.63, 3.8) is 0 Å². The second-order valence-electron chi connectivity index (χ2n) is 4.06. The normalized spacial score (nSPS) is 32.7. The molecule has 0 spiro atoms. The molecule has 1 heteroatoms. The predicted octanol–water partition coefficient (Wildman–Crippen LogP) is 2.52. The minimum Gasteiger partial charge on any atom is -0.306 e. The third-order valence-electron chi connectivity index (χ3n) is 3.06. The van der Waals surface area contributed by atoms with Crippen molar-refractivity contribution in [2.45, 2.75) is 45.1 Å². The van der Waals surface area contributed by atoms with Crippen molar-refractivity contribution < 1.29 is 0 Å². The molecule has 0 N–H and O–H groups in total. The fraction of sp³-hybridized carbons (Fsp3) is 1.00. The molecule has 11 heavy (non-hydrogen) atoms. The molecular formula is C10H21N. The topological polar surface area (TPSA) is 3.24 Å². The summed E-state index contributed by atoms with van der Waals surface area (Å²) < 4.78 is 0. The first-order valence-corrected chi connectivity index (χ1v) is 4.90. The molecule has 0 radical (unpaired) electrons. The zero-order chi connectivity index (χ0) is 8.27. The van der Waals surface area contributed by atoms with E-state index in [1.165, 1.54) is 32.1 Å². The molecule has 0 aromatic rings. The molecular weight excluding hydrogens is 134 g/mol. The zero-order valence-electron chi connectivity index (χ0n) is 8.14. The predicted molar refractivity (Wildman–Crippen MR) is 49.7 cm³/mol. The summed E-state index contributed by atoms with van der Waals surface area (Å²) in [4.78, 5) is 2.39. The lowest BCUT2D eigenvalue weighted by Crippen LogP contribution is -2.32. The van der Waals surface area contributed by atoms with Crippen LogP contribution in [0.2, 0.25) is 0 Å². The van der Waals surface area contributed by atoms with Crippen LogP contribution in [0.1, 0.15) is 39.0 Å². The van der Waals surface area contributed by atoms with Crippen LogP contribution in [0.3, 0.4) is 0 Å². The Kier molecular flexibility index (Phi) is 3.38. The van der Waals surface area contributed by atoms with Crippen LogP contribution in [0.25, 0.3) is 0 Å². The van der Waals surface area contributed by atoms with Gasteiger partial charge in [0.05, 0.1) is 0 Å². The van der Waals surface area contributed by atoms with Gasteiger partial charge in [-0.05, 0) is 32.9 Å². The van der Waals surface area contributed by atoms with Gasteiger partial charge in [-0.25, -0.2) is 0 Å². The smallest absolute Gasteiger partial charge is 0.00918 e. The Hall–Kier alpha value is -0.0400. The lowest BCUT2D eigenvalue weighted by molar-refractivity contribution is 0.183. The summed E-state index contributed by atoms with van der Waals surface area (Å²) in [5.74, 6) is 1.01. The van der Waals surface area contributed by atoms with Gasteiger partial charge in [-0.3, -0.25) is 0 Å². The molecule has 0 heterocycles. The van der Waals surface area contributed by atoms with Crippen molar-refractivity contribution in [2.75, 3.05) is 14.1 Å². The van der Waals surface area contributed by atoms with E-state index >= 15 is 0 Å². The number of hydrogen-bond donors (Lipinski definition) is 0. The molecule has 1 nitrogen and oxygen atoms in total. The second kappa shape index (κ2) is 4.10. The van der Waals surface area contributed by atoms with Gasteiger partial charge in [-0.15, -0.1) is 0 Å². The second-order valence-corrected chi connectivity index (χ2v) is 4.06. The van der Waals surface area contributed by atoms with Gasteiger partial charge in [0.15, 0.2) is 0 Å². The van der Waals surface area contributed by atoms with Gasteiger partial charge in [0.1, 0.15) is 0 Å². The number of hydrogen-bond acceptors (Lipinski definition) is 1. The Balaban J connectivity index is 2.33. The van der Waals surface area contributed by atoms with Crippen molar-refractivity contribution in [1.82, 2.24) is 4.90 Å². The van der Waals surface area contributed by atoms with E-state index in [2.05, 4.69) is 25.9 Å². The van der Waals surface area contributed by atoms with Gasteiger partial charge in [0.2, 0.25) is 0 Å². The maximum absolute atomic E-state index is 2.39. The van der Waals surface area contributed by atoms with Crippen LogP contribution in [0.15, 0.2) is 0 Å². The minimum absolute atomic E-state index is 0.869. The highest BCUT2D eigenvalue weighted by atomic mass is 15.1. The summed E-state index contributed by atoms with van der Waals surface area (Å²) >= 11 is 0. The standard InChI is InChI=1S/C10H21N/c1-4-9-6-5-7-10(8-9)11(2)3/h9-10H,4-8H2,1-3H3/t9?,10-/m1/s1. The van der Waals surface area contributed by atoms with Crippen LogP contribution in [-0.2, 0) is 0 Å². The maximum Gasteiger partial charge on any atom is 0.00918 e. The lowest BCUT2D eigenvalue weighted by atomic mass is 9.84. The fourth-order valence-corrected chi connectivity index (χ4v) is 2.10. The van der Waals surface area contributed by atoms with E-state index in [9.17, 15) is 0 Å². The average molecular weight is 155 g/mol. The average Bonchev–Trinajstić information content (AvgIpc) is 2.05. The summed E-state index contributed by atoms with van der Waals surface area (Å²) in [5, 5.41) is 0. The van der Waals surface area contributed by atoms with Crippen LogP contribution in [-0.4, -0.2) is 25.0 Å². The molecule has 1 unspecified atom stereocenters. The summed E-state index contributed by atoms with van der Waals surface area (Å²) in [6.45, 7) is 2.32. The molecule has 66 valence electrons. The molecule has 0 bridgehead atoms. The van der Waals surface area contributed by atoms with E-state index in [0.717, 1.165) is 12.0 Å². The van der Waals surface area contributed by atoms with E-state index < -0.39 is 0 Å². The third-order valence-corrected chi connectivity index (χ3v) is 3.06. The molecule has 0 aliphatic heterocycles. The van der Waals surface area contributed by atoms with Crippen molar-refractivity contribution in [2.24, 2.45) is 5.92 Å². The molecule has 1 aliphatic rings.